The summed E-state index contributed by atoms with van der Waals surface area (Å²) in [6, 6.07) is 10.0. The summed E-state index contributed by atoms with van der Waals surface area (Å²) < 4.78 is 5.25. The minimum atomic E-state index is -0.442. The number of carbonyl (C=O) groups is 1. The van der Waals surface area contributed by atoms with E-state index < -0.39 is 5.41 Å². The van der Waals surface area contributed by atoms with E-state index >= 15 is 0 Å². The molecule has 0 heterocycles. The van der Waals surface area contributed by atoms with Gasteiger partial charge in [0, 0.05) is 0 Å². The van der Waals surface area contributed by atoms with E-state index in [1.165, 1.54) is 0 Å². The molecule has 0 atom stereocenters. The van der Waals surface area contributed by atoms with E-state index in [2.05, 4.69) is 6.58 Å². The van der Waals surface area contributed by atoms with Crippen molar-refractivity contribution in [2.24, 2.45) is 5.41 Å². The Morgan fingerprint density at radius 2 is 1.74 bits per heavy atom. The third-order valence-corrected chi connectivity index (χ3v) is 3.80. The van der Waals surface area contributed by atoms with Gasteiger partial charge in [-0.15, -0.1) is 0 Å². The second-order valence-corrected chi connectivity index (χ2v) is 4.85. The zero-order valence-electron chi connectivity index (χ0n) is 12.2. The molecule has 1 aromatic carbocycles. The summed E-state index contributed by atoms with van der Waals surface area (Å²) in [5.41, 5.74) is 1.65. The third kappa shape index (κ3) is 3.69. The van der Waals surface area contributed by atoms with Crippen molar-refractivity contribution < 1.29 is 9.53 Å². The van der Waals surface area contributed by atoms with Crippen molar-refractivity contribution in [2.75, 3.05) is 6.61 Å². The zero-order chi connectivity index (χ0) is 14.3. The minimum absolute atomic E-state index is 0.0999. The molecule has 0 amide bonds. The summed E-state index contributed by atoms with van der Waals surface area (Å²) in [5.74, 6) is -0.0999. The van der Waals surface area contributed by atoms with E-state index in [1.807, 2.05) is 51.1 Å². The smallest absolute Gasteiger partial charge is 0.312 e. The molecule has 0 fully saturated rings. The Kier molecular flexibility index (Phi) is 5.81. The van der Waals surface area contributed by atoms with Gasteiger partial charge in [0.15, 0.2) is 0 Å². The van der Waals surface area contributed by atoms with Gasteiger partial charge in [-0.25, -0.2) is 0 Å². The van der Waals surface area contributed by atoms with E-state index in [4.69, 9.17) is 4.74 Å². The molecule has 0 aliphatic heterocycles. The Morgan fingerprint density at radius 1 is 1.16 bits per heavy atom. The SMILES string of the molecule is C=C(CC(CC)(CC)C(=O)OCC)c1ccccc1. The van der Waals surface area contributed by atoms with Gasteiger partial charge in [0.2, 0.25) is 0 Å². The fourth-order valence-electron chi connectivity index (χ4n) is 2.33. The number of ether oxygens (including phenoxy) is 1. The van der Waals surface area contributed by atoms with Crippen molar-refractivity contribution in [1.29, 1.82) is 0 Å². The normalized spacial score (nSPS) is 11.1. The summed E-state index contributed by atoms with van der Waals surface area (Å²) in [5, 5.41) is 0. The maximum Gasteiger partial charge on any atom is 0.312 e. The van der Waals surface area contributed by atoms with Crippen LogP contribution in [-0.2, 0) is 9.53 Å². The average Bonchev–Trinajstić information content (AvgIpc) is 2.45. The fourth-order valence-corrected chi connectivity index (χ4v) is 2.33. The maximum atomic E-state index is 12.2. The van der Waals surface area contributed by atoms with Crippen LogP contribution in [-0.4, -0.2) is 12.6 Å². The molecule has 1 rings (SSSR count). The lowest BCUT2D eigenvalue weighted by Crippen LogP contribution is -2.32. The summed E-state index contributed by atoms with van der Waals surface area (Å²) in [6.07, 6.45) is 2.20. The maximum absolute atomic E-state index is 12.2. The van der Waals surface area contributed by atoms with Crippen LogP contribution in [0, 0.1) is 5.41 Å². The first-order chi connectivity index (χ1) is 9.09. The Morgan fingerprint density at radius 3 is 2.21 bits per heavy atom. The van der Waals surface area contributed by atoms with Crippen molar-refractivity contribution >= 4 is 11.5 Å². The number of esters is 1. The van der Waals surface area contributed by atoms with Crippen molar-refractivity contribution in [3.63, 3.8) is 0 Å². The molecule has 0 saturated heterocycles. The molecule has 1 aromatic rings. The molecule has 104 valence electrons. The number of benzene rings is 1. The summed E-state index contributed by atoms with van der Waals surface area (Å²) >= 11 is 0. The molecule has 0 N–H and O–H groups in total. The standard InChI is InChI=1S/C17H24O2/c1-5-17(6-2,16(18)19-7-3)13-14(4)15-11-9-8-10-12-15/h8-12H,4-7,13H2,1-3H3. The lowest BCUT2D eigenvalue weighted by Gasteiger charge is -2.30. The first-order valence-electron chi connectivity index (χ1n) is 7.00. The van der Waals surface area contributed by atoms with Gasteiger partial charge in [-0.05, 0) is 37.3 Å². The van der Waals surface area contributed by atoms with Crippen LogP contribution in [0.3, 0.4) is 0 Å². The number of allylic oxidation sites excluding steroid dienone is 1. The van der Waals surface area contributed by atoms with Gasteiger partial charge in [-0.1, -0.05) is 50.8 Å². The predicted molar refractivity (Wildman–Crippen MR) is 79.7 cm³/mol. The van der Waals surface area contributed by atoms with Gasteiger partial charge >= 0.3 is 5.97 Å². The van der Waals surface area contributed by atoms with Gasteiger partial charge < -0.3 is 4.74 Å². The number of rotatable bonds is 7. The quantitative estimate of drug-likeness (QED) is 0.677. The van der Waals surface area contributed by atoms with Crippen LogP contribution >= 0.6 is 0 Å². The van der Waals surface area contributed by atoms with Crippen molar-refractivity contribution in [3.8, 4) is 0 Å². The number of carbonyl (C=O) groups excluding carboxylic acids is 1. The van der Waals surface area contributed by atoms with Crippen molar-refractivity contribution in [1.82, 2.24) is 0 Å². The van der Waals surface area contributed by atoms with Crippen LogP contribution < -0.4 is 0 Å². The molecule has 0 aliphatic rings. The van der Waals surface area contributed by atoms with E-state index in [1.54, 1.807) is 0 Å². The van der Waals surface area contributed by atoms with Gasteiger partial charge in [0.05, 0.1) is 12.0 Å². The Bertz CT molecular complexity index is 416. The highest BCUT2D eigenvalue weighted by Crippen LogP contribution is 2.37. The molecule has 0 unspecified atom stereocenters. The van der Waals surface area contributed by atoms with E-state index in [0.29, 0.717) is 13.0 Å². The number of hydrogen-bond donors (Lipinski definition) is 0. The zero-order valence-corrected chi connectivity index (χ0v) is 12.2. The second-order valence-electron chi connectivity index (χ2n) is 4.85. The molecule has 0 aliphatic carbocycles. The molecule has 0 bridgehead atoms. The molecular formula is C17H24O2. The molecule has 2 heteroatoms. The molecule has 0 spiro atoms. The monoisotopic (exact) mass is 260 g/mol. The van der Waals surface area contributed by atoms with Crippen molar-refractivity contribution in [3.05, 3.63) is 42.5 Å². The van der Waals surface area contributed by atoms with Crippen LogP contribution in [0.5, 0.6) is 0 Å². The molecule has 19 heavy (non-hydrogen) atoms. The second kappa shape index (κ2) is 7.13. The Hall–Kier alpha value is -1.57. The molecule has 0 radical (unpaired) electrons. The van der Waals surface area contributed by atoms with Gasteiger partial charge in [-0.3, -0.25) is 4.79 Å². The van der Waals surface area contributed by atoms with Crippen LogP contribution in [0.25, 0.3) is 5.57 Å². The lowest BCUT2D eigenvalue weighted by molar-refractivity contribution is -0.155. The van der Waals surface area contributed by atoms with Crippen molar-refractivity contribution in [2.45, 2.75) is 40.0 Å². The summed E-state index contributed by atoms with van der Waals surface area (Å²) in [7, 11) is 0. The predicted octanol–water partition coefficient (Wildman–Crippen LogP) is 4.46. The third-order valence-electron chi connectivity index (χ3n) is 3.80. The minimum Gasteiger partial charge on any atom is -0.466 e. The summed E-state index contributed by atoms with van der Waals surface area (Å²) in [6.45, 7) is 10.5. The highest BCUT2D eigenvalue weighted by molar-refractivity contribution is 5.80. The Labute approximate surface area is 116 Å². The summed E-state index contributed by atoms with van der Waals surface area (Å²) in [4.78, 5) is 12.2. The first-order valence-corrected chi connectivity index (χ1v) is 7.00. The van der Waals surface area contributed by atoms with Gasteiger partial charge in [0.25, 0.3) is 0 Å². The van der Waals surface area contributed by atoms with E-state index in [0.717, 1.165) is 24.0 Å². The number of hydrogen-bond acceptors (Lipinski definition) is 2. The van der Waals surface area contributed by atoms with Crippen LogP contribution in [0.1, 0.15) is 45.6 Å². The first kappa shape index (κ1) is 15.5. The topological polar surface area (TPSA) is 26.3 Å². The molecule has 0 saturated carbocycles. The van der Waals surface area contributed by atoms with E-state index in [9.17, 15) is 4.79 Å². The molecule has 2 nitrogen and oxygen atoms in total. The Balaban J connectivity index is 2.90. The largest absolute Gasteiger partial charge is 0.466 e. The average molecular weight is 260 g/mol. The lowest BCUT2D eigenvalue weighted by atomic mass is 9.76. The highest BCUT2D eigenvalue weighted by atomic mass is 16.5. The molecule has 0 aromatic heterocycles. The van der Waals surface area contributed by atoms with Crippen LogP contribution in [0.15, 0.2) is 36.9 Å². The fraction of sp³-hybridized carbons (Fsp3) is 0.471. The molecular weight excluding hydrogens is 236 g/mol. The highest BCUT2D eigenvalue weighted by Gasteiger charge is 2.36. The van der Waals surface area contributed by atoms with E-state index in [-0.39, 0.29) is 5.97 Å². The van der Waals surface area contributed by atoms with Crippen LogP contribution in [0.4, 0.5) is 0 Å². The van der Waals surface area contributed by atoms with Crippen LogP contribution in [0.2, 0.25) is 0 Å². The van der Waals surface area contributed by atoms with Gasteiger partial charge in [-0.2, -0.15) is 0 Å². The van der Waals surface area contributed by atoms with Gasteiger partial charge in [0.1, 0.15) is 0 Å².